The van der Waals surface area contributed by atoms with Gasteiger partial charge in [-0.2, -0.15) is 5.26 Å². The zero-order valence-corrected chi connectivity index (χ0v) is 9.83. The molecule has 0 aliphatic rings. The molecule has 86 valence electrons. The first-order valence-electron chi connectivity index (χ1n) is 4.99. The smallest absolute Gasteiger partial charge is 0.269 e. The van der Waals surface area contributed by atoms with Crippen molar-refractivity contribution in [3.05, 3.63) is 24.3 Å². The van der Waals surface area contributed by atoms with Crippen molar-refractivity contribution in [1.82, 2.24) is 0 Å². The van der Waals surface area contributed by atoms with Crippen molar-refractivity contribution in [3.63, 3.8) is 0 Å². The number of thiocyanates is 1. The van der Waals surface area contributed by atoms with Crippen LogP contribution in [-0.4, -0.2) is 15.0 Å². The number of benzene rings is 1. The van der Waals surface area contributed by atoms with Crippen LogP contribution in [0.5, 0.6) is 5.75 Å². The van der Waals surface area contributed by atoms with Gasteiger partial charge in [-0.1, -0.05) is 13.3 Å². The molecule has 0 spiro atoms. The van der Waals surface area contributed by atoms with Gasteiger partial charge in [-0.3, -0.25) is 0 Å². The van der Waals surface area contributed by atoms with E-state index < -0.39 is 9.84 Å². The van der Waals surface area contributed by atoms with Crippen LogP contribution in [-0.2, 0) is 9.84 Å². The Balaban J connectivity index is 2.73. The van der Waals surface area contributed by atoms with Crippen LogP contribution in [0.25, 0.3) is 0 Å². The van der Waals surface area contributed by atoms with Gasteiger partial charge in [0, 0.05) is 0 Å². The third kappa shape index (κ3) is 3.24. The Labute approximate surface area is 95.4 Å². The summed E-state index contributed by atoms with van der Waals surface area (Å²) in [6.07, 6.45) is 2.00. The van der Waals surface area contributed by atoms with Crippen molar-refractivity contribution in [3.8, 4) is 11.2 Å². The van der Waals surface area contributed by atoms with Gasteiger partial charge < -0.3 is 4.74 Å². The van der Waals surface area contributed by atoms with E-state index in [9.17, 15) is 8.42 Å². The van der Waals surface area contributed by atoms with Gasteiger partial charge in [0.1, 0.15) is 5.75 Å². The van der Waals surface area contributed by atoms with Crippen LogP contribution in [0.4, 0.5) is 0 Å². The molecule has 0 aromatic heterocycles. The monoisotopic (exact) mass is 239 g/mol. The quantitative estimate of drug-likeness (QED) is 0.448. The lowest BCUT2D eigenvalue weighted by molar-refractivity contribution is 0.309. The Kier molecular flexibility index (Phi) is 4.32. The Hall–Kier alpha value is -1.54. The standard InChI is InChI=1S/C11H13NO3S/c1-2-3-8-15-10-4-6-11(7-5-10)16(13,14)9-12/h4-7H,2-3,8H2,1H3. The molecule has 0 bridgehead atoms. The number of ether oxygens (including phenoxy) is 1. The van der Waals surface area contributed by atoms with E-state index in [-0.39, 0.29) is 4.90 Å². The fourth-order valence-electron chi connectivity index (χ4n) is 1.10. The van der Waals surface area contributed by atoms with Crippen LogP contribution in [0.1, 0.15) is 19.8 Å². The Bertz CT molecular complexity index is 471. The lowest BCUT2D eigenvalue weighted by Crippen LogP contribution is -1.98. The first kappa shape index (κ1) is 12.5. The van der Waals surface area contributed by atoms with Crippen LogP contribution in [0.15, 0.2) is 29.2 Å². The van der Waals surface area contributed by atoms with Crippen molar-refractivity contribution < 1.29 is 13.2 Å². The fourth-order valence-corrected chi connectivity index (χ4v) is 1.70. The molecule has 5 heteroatoms. The molecule has 0 amide bonds. The van der Waals surface area contributed by atoms with Gasteiger partial charge in [0.25, 0.3) is 9.84 Å². The molecule has 0 radical (unpaired) electrons. The van der Waals surface area contributed by atoms with Crippen LogP contribution < -0.4 is 4.74 Å². The minimum absolute atomic E-state index is 0.00200. The van der Waals surface area contributed by atoms with Crippen LogP contribution in [0, 0.1) is 10.7 Å². The third-order valence-corrected chi connectivity index (χ3v) is 3.15. The summed E-state index contributed by atoms with van der Waals surface area (Å²) in [5.74, 6) is 0.616. The summed E-state index contributed by atoms with van der Waals surface area (Å²) in [4.78, 5) is -0.00200. The predicted octanol–water partition coefficient (Wildman–Crippen LogP) is 2.12. The molecule has 0 N–H and O–H groups in total. The summed E-state index contributed by atoms with van der Waals surface area (Å²) in [5.41, 5.74) is 0. The molecule has 0 heterocycles. The van der Waals surface area contributed by atoms with E-state index >= 15 is 0 Å². The molecule has 1 rings (SSSR count). The largest absolute Gasteiger partial charge is 0.494 e. The molecule has 4 nitrogen and oxygen atoms in total. The van der Waals surface area contributed by atoms with E-state index in [1.807, 2.05) is 0 Å². The third-order valence-electron chi connectivity index (χ3n) is 2.02. The molecule has 0 aliphatic heterocycles. The molecule has 0 atom stereocenters. The first-order chi connectivity index (χ1) is 7.60. The van der Waals surface area contributed by atoms with E-state index in [4.69, 9.17) is 10.00 Å². The molecule has 0 unspecified atom stereocenters. The number of nitriles is 1. The predicted molar refractivity (Wildman–Crippen MR) is 59.6 cm³/mol. The molecule has 0 fully saturated rings. The number of rotatable bonds is 5. The van der Waals surface area contributed by atoms with Crippen molar-refractivity contribution in [2.24, 2.45) is 0 Å². The fraction of sp³-hybridized carbons (Fsp3) is 0.364. The van der Waals surface area contributed by atoms with Crippen LogP contribution in [0.2, 0.25) is 0 Å². The molecule has 0 aliphatic carbocycles. The highest BCUT2D eigenvalue weighted by Gasteiger charge is 2.11. The maximum atomic E-state index is 11.2. The van der Waals surface area contributed by atoms with E-state index in [2.05, 4.69) is 6.92 Å². The van der Waals surface area contributed by atoms with Gasteiger partial charge >= 0.3 is 0 Å². The van der Waals surface area contributed by atoms with Gasteiger partial charge in [-0.05, 0) is 30.7 Å². The summed E-state index contributed by atoms with van der Waals surface area (Å²) < 4.78 is 27.7. The topological polar surface area (TPSA) is 67.2 Å². The number of hydrogen-bond acceptors (Lipinski definition) is 4. The molecular weight excluding hydrogens is 226 g/mol. The lowest BCUT2D eigenvalue weighted by atomic mass is 10.3. The maximum Gasteiger partial charge on any atom is 0.269 e. The molecular formula is C11H13NO3S. The number of sulfone groups is 1. The number of nitrogens with zero attached hydrogens (tertiary/aromatic N) is 1. The van der Waals surface area contributed by atoms with Crippen LogP contribution >= 0.6 is 0 Å². The summed E-state index contributed by atoms with van der Waals surface area (Å²) in [7, 11) is -3.79. The van der Waals surface area contributed by atoms with Gasteiger partial charge in [0.05, 0.1) is 11.5 Å². The van der Waals surface area contributed by atoms with Crippen molar-refractivity contribution in [1.29, 1.82) is 5.26 Å². The number of unbranched alkanes of at least 4 members (excludes halogenated alkanes) is 1. The average molecular weight is 239 g/mol. The lowest BCUT2D eigenvalue weighted by Gasteiger charge is -2.05. The normalized spacial score (nSPS) is 10.8. The van der Waals surface area contributed by atoms with E-state index in [0.29, 0.717) is 12.4 Å². The Morgan fingerprint density at radius 2 is 1.94 bits per heavy atom. The Morgan fingerprint density at radius 3 is 2.44 bits per heavy atom. The zero-order chi connectivity index (χ0) is 12.0. The molecule has 0 saturated carbocycles. The molecule has 1 aromatic rings. The molecule has 1 aromatic carbocycles. The van der Waals surface area contributed by atoms with E-state index in [0.717, 1.165) is 12.8 Å². The second-order valence-electron chi connectivity index (χ2n) is 3.27. The zero-order valence-electron chi connectivity index (χ0n) is 9.01. The second-order valence-corrected chi connectivity index (χ2v) is 4.93. The van der Waals surface area contributed by atoms with Crippen molar-refractivity contribution in [2.45, 2.75) is 24.7 Å². The SMILES string of the molecule is CCCCOc1ccc(S(=O)(=O)C#N)cc1. The van der Waals surface area contributed by atoms with Gasteiger partial charge in [-0.15, -0.1) is 0 Å². The minimum atomic E-state index is -3.79. The van der Waals surface area contributed by atoms with Gasteiger partial charge in [-0.25, -0.2) is 8.42 Å². The minimum Gasteiger partial charge on any atom is -0.494 e. The summed E-state index contributed by atoms with van der Waals surface area (Å²) in [6.45, 7) is 2.67. The number of hydrogen-bond donors (Lipinski definition) is 0. The maximum absolute atomic E-state index is 11.2. The Morgan fingerprint density at radius 1 is 1.31 bits per heavy atom. The van der Waals surface area contributed by atoms with Gasteiger partial charge in [0.2, 0.25) is 0 Å². The van der Waals surface area contributed by atoms with Crippen molar-refractivity contribution in [2.75, 3.05) is 6.61 Å². The highest BCUT2D eigenvalue weighted by atomic mass is 32.2. The molecule has 0 saturated heterocycles. The van der Waals surface area contributed by atoms with Gasteiger partial charge in [0.15, 0.2) is 5.40 Å². The summed E-state index contributed by atoms with van der Waals surface area (Å²) >= 11 is 0. The van der Waals surface area contributed by atoms with E-state index in [1.54, 1.807) is 12.1 Å². The first-order valence-corrected chi connectivity index (χ1v) is 6.47. The summed E-state index contributed by atoms with van der Waals surface area (Å²) in [5, 5.41) is 9.68. The van der Waals surface area contributed by atoms with E-state index in [1.165, 1.54) is 17.5 Å². The highest BCUT2D eigenvalue weighted by molar-refractivity contribution is 7.95. The molecule has 16 heavy (non-hydrogen) atoms. The second kappa shape index (κ2) is 5.52. The average Bonchev–Trinajstić information content (AvgIpc) is 2.30. The van der Waals surface area contributed by atoms with Crippen molar-refractivity contribution >= 4 is 9.84 Å². The summed E-state index contributed by atoms with van der Waals surface area (Å²) in [6, 6.07) is 5.86. The van der Waals surface area contributed by atoms with Crippen LogP contribution in [0.3, 0.4) is 0 Å². The highest BCUT2D eigenvalue weighted by Crippen LogP contribution is 2.16.